The zero-order chi connectivity index (χ0) is 39.4. The van der Waals surface area contributed by atoms with Gasteiger partial charge < -0.3 is 20.3 Å². The quantitative estimate of drug-likeness (QED) is 0.0327. The Balaban J connectivity index is 3.49. The minimum Gasteiger partial charge on any atom is -0.466 e. The van der Waals surface area contributed by atoms with Gasteiger partial charge in [0.05, 0.1) is 25.4 Å². The Labute approximate surface area is 335 Å². The number of allylic oxidation sites excluding steroid dienone is 3. The molecule has 318 valence electrons. The molecule has 0 spiro atoms. The van der Waals surface area contributed by atoms with Crippen LogP contribution in [0, 0.1) is 0 Å². The van der Waals surface area contributed by atoms with Crippen molar-refractivity contribution < 1.29 is 24.5 Å². The Kier molecular flexibility index (Phi) is 42.7. The zero-order valence-corrected chi connectivity index (χ0v) is 36.0. The second kappa shape index (κ2) is 44.1. The molecule has 0 aliphatic heterocycles. The topological polar surface area (TPSA) is 95.9 Å². The number of carbonyl (C=O) groups excluding carboxylic acids is 2. The van der Waals surface area contributed by atoms with Crippen LogP contribution in [0.2, 0.25) is 0 Å². The molecule has 0 radical (unpaired) electrons. The van der Waals surface area contributed by atoms with Gasteiger partial charge in [-0.05, 0) is 57.8 Å². The zero-order valence-electron chi connectivity index (χ0n) is 36.0. The molecule has 6 nitrogen and oxygen atoms in total. The molecule has 54 heavy (non-hydrogen) atoms. The lowest BCUT2D eigenvalue weighted by molar-refractivity contribution is -0.143. The fourth-order valence-electron chi connectivity index (χ4n) is 7.04. The first kappa shape index (κ1) is 52.3. The van der Waals surface area contributed by atoms with Gasteiger partial charge in [-0.2, -0.15) is 0 Å². The number of hydrogen-bond donors (Lipinski definition) is 3. The lowest BCUT2D eigenvalue weighted by atomic mass is 10.1. The molecule has 0 bridgehead atoms. The molecule has 0 aromatic rings. The normalized spacial score (nSPS) is 12.9. The number of hydrogen-bond acceptors (Lipinski definition) is 5. The summed E-state index contributed by atoms with van der Waals surface area (Å²) in [5, 5.41) is 22.9. The highest BCUT2D eigenvalue weighted by Gasteiger charge is 2.18. The molecule has 0 fully saturated rings. The maximum absolute atomic E-state index is 12.3. The van der Waals surface area contributed by atoms with Gasteiger partial charge in [-0.15, -0.1) is 0 Å². The highest BCUT2D eigenvalue weighted by atomic mass is 16.5. The number of ether oxygens (including phenoxy) is 1. The van der Waals surface area contributed by atoms with Gasteiger partial charge in [0, 0.05) is 12.8 Å². The second-order valence-electron chi connectivity index (χ2n) is 16.1. The van der Waals surface area contributed by atoms with Gasteiger partial charge in [-0.1, -0.05) is 199 Å². The molecule has 2 atom stereocenters. The maximum atomic E-state index is 12.3. The summed E-state index contributed by atoms with van der Waals surface area (Å²) in [6.07, 6.45) is 50.3. The van der Waals surface area contributed by atoms with Crippen LogP contribution >= 0.6 is 0 Å². The summed E-state index contributed by atoms with van der Waals surface area (Å²) in [4.78, 5) is 24.3. The SMILES string of the molecule is CCCCCCCCCC/C=C/C(O)C(CO)NC(=O)CCCCCCC/C=C\CCCCCCCCCOC(=O)CCCCCCCCCCCCC. The first-order valence-corrected chi connectivity index (χ1v) is 23.6. The maximum Gasteiger partial charge on any atom is 0.305 e. The molecule has 0 aromatic heterocycles. The number of nitrogens with one attached hydrogen (secondary N) is 1. The van der Waals surface area contributed by atoms with E-state index in [1.165, 1.54) is 154 Å². The summed E-state index contributed by atoms with van der Waals surface area (Å²) in [5.74, 6) is -0.0929. The molecular formula is C48H91NO5. The molecular weight excluding hydrogens is 671 g/mol. The number of aliphatic hydroxyl groups excluding tert-OH is 2. The number of amides is 1. The van der Waals surface area contributed by atoms with Crippen molar-refractivity contribution in [3.05, 3.63) is 24.3 Å². The van der Waals surface area contributed by atoms with Crippen LogP contribution in [0.15, 0.2) is 24.3 Å². The first-order valence-electron chi connectivity index (χ1n) is 23.6. The average molecular weight is 762 g/mol. The van der Waals surface area contributed by atoms with E-state index < -0.39 is 12.1 Å². The molecule has 0 aliphatic rings. The third-order valence-electron chi connectivity index (χ3n) is 10.7. The second-order valence-corrected chi connectivity index (χ2v) is 16.1. The van der Waals surface area contributed by atoms with E-state index in [0.717, 1.165) is 64.2 Å². The van der Waals surface area contributed by atoms with E-state index in [-0.39, 0.29) is 18.5 Å². The summed E-state index contributed by atoms with van der Waals surface area (Å²) in [5.41, 5.74) is 0. The first-order chi connectivity index (χ1) is 26.5. The third kappa shape index (κ3) is 40.0. The van der Waals surface area contributed by atoms with Gasteiger partial charge in [-0.3, -0.25) is 9.59 Å². The fraction of sp³-hybridized carbons (Fsp3) is 0.875. The standard InChI is InChI=1S/C48H91NO5/c1-3-5-7-9-11-13-21-26-30-34-38-42-48(53)54-43-39-35-31-27-23-20-18-16-15-17-19-22-25-29-33-37-41-47(52)49-45(44-50)46(51)40-36-32-28-24-14-12-10-8-6-4-2/h15,17,36,40,45-46,50-51H,3-14,16,18-35,37-39,41-44H2,1-2H3,(H,49,52)/b17-15-,40-36+. The molecule has 0 saturated carbocycles. The van der Waals surface area contributed by atoms with E-state index in [1.54, 1.807) is 6.08 Å². The predicted molar refractivity (Wildman–Crippen MR) is 232 cm³/mol. The minimum atomic E-state index is -0.852. The van der Waals surface area contributed by atoms with Crippen molar-refractivity contribution in [2.75, 3.05) is 13.2 Å². The number of aliphatic hydroxyl groups is 2. The molecule has 2 unspecified atom stereocenters. The van der Waals surface area contributed by atoms with Crippen molar-refractivity contribution in [2.24, 2.45) is 0 Å². The van der Waals surface area contributed by atoms with Crippen LogP contribution in [-0.4, -0.2) is 47.4 Å². The Morgan fingerprint density at radius 3 is 1.31 bits per heavy atom. The highest BCUT2D eigenvalue weighted by molar-refractivity contribution is 5.76. The van der Waals surface area contributed by atoms with E-state index in [2.05, 4.69) is 31.3 Å². The van der Waals surface area contributed by atoms with Crippen LogP contribution in [0.3, 0.4) is 0 Å². The summed E-state index contributed by atoms with van der Waals surface area (Å²) in [6, 6.07) is -0.637. The van der Waals surface area contributed by atoms with Crippen molar-refractivity contribution in [1.29, 1.82) is 0 Å². The number of rotatable bonds is 43. The molecule has 6 heteroatoms. The largest absolute Gasteiger partial charge is 0.466 e. The molecule has 0 aromatic carbocycles. The van der Waals surface area contributed by atoms with Gasteiger partial charge in [0.2, 0.25) is 5.91 Å². The summed E-state index contributed by atoms with van der Waals surface area (Å²) < 4.78 is 5.44. The van der Waals surface area contributed by atoms with E-state index in [1.807, 2.05) is 6.08 Å². The van der Waals surface area contributed by atoms with E-state index in [0.29, 0.717) is 19.4 Å². The van der Waals surface area contributed by atoms with Crippen LogP contribution in [0.25, 0.3) is 0 Å². The van der Waals surface area contributed by atoms with Gasteiger partial charge in [0.15, 0.2) is 0 Å². The molecule has 0 saturated heterocycles. The van der Waals surface area contributed by atoms with Crippen molar-refractivity contribution in [2.45, 2.75) is 257 Å². The van der Waals surface area contributed by atoms with Crippen LogP contribution in [-0.2, 0) is 14.3 Å². The molecule has 1 amide bonds. The smallest absolute Gasteiger partial charge is 0.305 e. The third-order valence-corrected chi connectivity index (χ3v) is 10.7. The van der Waals surface area contributed by atoms with Crippen LogP contribution in [0.5, 0.6) is 0 Å². The Morgan fingerprint density at radius 1 is 0.500 bits per heavy atom. The van der Waals surface area contributed by atoms with Gasteiger partial charge in [0.1, 0.15) is 0 Å². The Hall–Kier alpha value is -1.66. The molecule has 0 rings (SSSR count). The van der Waals surface area contributed by atoms with Crippen molar-refractivity contribution in [1.82, 2.24) is 5.32 Å². The number of carbonyl (C=O) groups is 2. The van der Waals surface area contributed by atoms with Gasteiger partial charge in [-0.25, -0.2) is 0 Å². The van der Waals surface area contributed by atoms with Crippen LogP contribution in [0.4, 0.5) is 0 Å². The summed E-state index contributed by atoms with van der Waals surface area (Å²) in [6.45, 7) is 4.84. The van der Waals surface area contributed by atoms with Gasteiger partial charge in [0.25, 0.3) is 0 Å². The minimum absolute atomic E-state index is 0.00509. The van der Waals surface area contributed by atoms with E-state index >= 15 is 0 Å². The molecule has 0 heterocycles. The number of esters is 1. The average Bonchev–Trinajstić information content (AvgIpc) is 3.17. The highest BCUT2D eigenvalue weighted by Crippen LogP contribution is 2.14. The monoisotopic (exact) mass is 762 g/mol. The molecule has 0 aliphatic carbocycles. The van der Waals surface area contributed by atoms with Crippen molar-refractivity contribution in [3.8, 4) is 0 Å². The Bertz CT molecular complexity index is 843. The van der Waals surface area contributed by atoms with E-state index in [9.17, 15) is 19.8 Å². The predicted octanol–water partition coefficient (Wildman–Crippen LogP) is 13.6. The van der Waals surface area contributed by atoms with Crippen LogP contribution < -0.4 is 5.32 Å². The lowest BCUT2D eigenvalue weighted by Crippen LogP contribution is -2.45. The van der Waals surface area contributed by atoms with Crippen LogP contribution in [0.1, 0.15) is 245 Å². The summed E-state index contributed by atoms with van der Waals surface area (Å²) >= 11 is 0. The lowest BCUT2D eigenvalue weighted by Gasteiger charge is -2.20. The molecule has 3 N–H and O–H groups in total. The van der Waals surface area contributed by atoms with Crippen molar-refractivity contribution in [3.63, 3.8) is 0 Å². The van der Waals surface area contributed by atoms with E-state index in [4.69, 9.17) is 4.74 Å². The van der Waals surface area contributed by atoms with Gasteiger partial charge >= 0.3 is 5.97 Å². The fourth-order valence-corrected chi connectivity index (χ4v) is 7.04. The Morgan fingerprint density at radius 2 is 0.870 bits per heavy atom. The summed E-state index contributed by atoms with van der Waals surface area (Å²) in [7, 11) is 0. The van der Waals surface area contributed by atoms with Crippen molar-refractivity contribution >= 4 is 11.9 Å². The number of unbranched alkanes of at least 4 members (excludes halogenated alkanes) is 30.